The fourth-order valence-electron chi connectivity index (χ4n) is 1.36. The van der Waals surface area contributed by atoms with E-state index in [2.05, 4.69) is 4.72 Å². The van der Waals surface area contributed by atoms with Crippen LogP contribution in [0.15, 0.2) is 35.2 Å². The summed E-state index contributed by atoms with van der Waals surface area (Å²) in [6.07, 6.45) is -0.0579. The topological polar surface area (TPSA) is 66.4 Å². The maximum atomic E-state index is 11.8. The molecule has 0 fully saturated rings. The largest absolute Gasteiger partial charge is 0.393 e. The average molecular weight is 257 g/mol. The molecule has 1 atom stereocenters. The molecule has 0 bridgehead atoms. The van der Waals surface area contributed by atoms with Crippen molar-refractivity contribution in [1.29, 1.82) is 0 Å². The first-order valence-corrected chi connectivity index (χ1v) is 7.14. The van der Waals surface area contributed by atoms with Crippen LogP contribution in [0.1, 0.15) is 20.3 Å². The highest BCUT2D eigenvalue weighted by Crippen LogP contribution is 2.08. The fraction of sp³-hybridized carbons (Fsp3) is 0.500. The van der Waals surface area contributed by atoms with Crippen LogP contribution in [0.5, 0.6) is 0 Å². The highest BCUT2D eigenvalue weighted by Gasteiger charge is 2.14. The molecule has 5 heteroatoms. The first-order valence-electron chi connectivity index (χ1n) is 5.66. The Morgan fingerprint density at radius 2 is 1.82 bits per heavy atom. The van der Waals surface area contributed by atoms with Gasteiger partial charge in [0.05, 0.1) is 11.0 Å². The Kier molecular flexibility index (Phi) is 5.11. The number of aliphatic hydroxyl groups excluding tert-OH is 1. The van der Waals surface area contributed by atoms with Crippen molar-refractivity contribution in [2.75, 3.05) is 6.54 Å². The number of rotatable bonds is 6. The summed E-state index contributed by atoms with van der Waals surface area (Å²) >= 11 is 0. The molecule has 0 amide bonds. The van der Waals surface area contributed by atoms with Gasteiger partial charge in [0, 0.05) is 6.54 Å². The molecule has 0 saturated carbocycles. The van der Waals surface area contributed by atoms with Crippen LogP contribution in [0.25, 0.3) is 0 Å². The quantitative estimate of drug-likeness (QED) is 0.809. The first-order chi connectivity index (χ1) is 7.93. The molecular weight excluding hydrogens is 238 g/mol. The second-order valence-corrected chi connectivity index (χ2v) is 6.08. The molecule has 0 saturated heterocycles. The van der Waals surface area contributed by atoms with Crippen LogP contribution in [0.3, 0.4) is 0 Å². The van der Waals surface area contributed by atoms with E-state index in [4.69, 9.17) is 0 Å². The van der Waals surface area contributed by atoms with Crippen molar-refractivity contribution in [2.45, 2.75) is 31.3 Å². The van der Waals surface area contributed by atoms with E-state index in [9.17, 15) is 13.5 Å². The molecule has 0 spiro atoms. The molecule has 17 heavy (non-hydrogen) atoms. The highest BCUT2D eigenvalue weighted by molar-refractivity contribution is 7.89. The van der Waals surface area contributed by atoms with Crippen LogP contribution in [0.2, 0.25) is 0 Å². The second-order valence-electron chi connectivity index (χ2n) is 4.31. The molecular formula is C12H19NO3S. The summed E-state index contributed by atoms with van der Waals surface area (Å²) in [7, 11) is -3.44. The average Bonchev–Trinajstić information content (AvgIpc) is 2.29. The molecule has 1 aromatic rings. The van der Waals surface area contributed by atoms with Gasteiger partial charge in [-0.15, -0.1) is 0 Å². The van der Waals surface area contributed by atoms with Crippen LogP contribution >= 0.6 is 0 Å². The Morgan fingerprint density at radius 3 is 2.35 bits per heavy atom. The molecule has 0 unspecified atom stereocenters. The zero-order valence-electron chi connectivity index (χ0n) is 10.1. The molecule has 0 radical (unpaired) electrons. The molecule has 1 rings (SSSR count). The van der Waals surface area contributed by atoms with Crippen molar-refractivity contribution in [1.82, 2.24) is 4.72 Å². The lowest BCUT2D eigenvalue weighted by atomic mass is 10.1. The van der Waals surface area contributed by atoms with Gasteiger partial charge in [-0.2, -0.15) is 0 Å². The molecule has 0 aliphatic rings. The van der Waals surface area contributed by atoms with Crippen LogP contribution in [-0.2, 0) is 10.0 Å². The van der Waals surface area contributed by atoms with Gasteiger partial charge in [-0.3, -0.25) is 0 Å². The van der Waals surface area contributed by atoms with Crippen LogP contribution in [-0.4, -0.2) is 26.2 Å². The van der Waals surface area contributed by atoms with Crippen molar-refractivity contribution >= 4 is 10.0 Å². The van der Waals surface area contributed by atoms with Gasteiger partial charge in [-0.1, -0.05) is 32.0 Å². The van der Waals surface area contributed by atoms with E-state index in [0.29, 0.717) is 6.42 Å². The minimum Gasteiger partial charge on any atom is -0.393 e. The third-order valence-electron chi connectivity index (χ3n) is 2.56. The van der Waals surface area contributed by atoms with Crippen molar-refractivity contribution in [3.63, 3.8) is 0 Å². The first kappa shape index (κ1) is 14.2. The van der Waals surface area contributed by atoms with Gasteiger partial charge in [0.1, 0.15) is 0 Å². The van der Waals surface area contributed by atoms with E-state index in [0.717, 1.165) is 0 Å². The van der Waals surface area contributed by atoms with Gasteiger partial charge in [0.25, 0.3) is 0 Å². The van der Waals surface area contributed by atoms with E-state index < -0.39 is 16.1 Å². The third-order valence-corrected chi connectivity index (χ3v) is 4.03. The minimum atomic E-state index is -3.44. The normalized spacial score (nSPS) is 13.9. The van der Waals surface area contributed by atoms with Crippen molar-refractivity contribution in [3.05, 3.63) is 30.3 Å². The monoisotopic (exact) mass is 257 g/mol. The molecule has 0 aliphatic heterocycles. The molecule has 2 N–H and O–H groups in total. The minimum absolute atomic E-state index is 0.135. The number of benzene rings is 1. The Morgan fingerprint density at radius 1 is 1.24 bits per heavy atom. The van der Waals surface area contributed by atoms with Crippen LogP contribution in [0.4, 0.5) is 0 Å². The van der Waals surface area contributed by atoms with E-state index >= 15 is 0 Å². The maximum Gasteiger partial charge on any atom is 0.240 e. The number of aliphatic hydroxyl groups is 1. The van der Waals surface area contributed by atoms with Gasteiger partial charge < -0.3 is 5.11 Å². The molecule has 4 nitrogen and oxygen atoms in total. The van der Waals surface area contributed by atoms with Crippen LogP contribution in [0, 0.1) is 5.92 Å². The smallest absolute Gasteiger partial charge is 0.240 e. The Labute approximate surface area is 103 Å². The number of sulfonamides is 1. The predicted molar refractivity (Wildman–Crippen MR) is 67.1 cm³/mol. The maximum absolute atomic E-state index is 11.8. The summed E-state index contributed by atoms with van der Waals surface area (Å²) < 4.78 is 26.1. The summed E-state index contributed by atoms with van der Waals surface area (Å²) in [5.74, 6) is 0.135. The Bertz CT molecular complexity index is 428. The van der Waals surface area contributed by atoms with Gasteiger partial charge in [0.2, 0.25) is 10.0 Å². The molecule has 1 aromatic carbocycles. The SMILES string of the molecule is CC(C)[C@H](O)CCNS(=O)(=O)c1ccccc1. The van der Waals surface area contributed by atoms with Crippen molar-refractivity contribution in [3.8, 4) is 0 Å². The zero-order valence-corrected chi connectivity index (χ0v) is 10.9. The second kappa shape index (κ2) is 6.14. The lowest BCUT2D eigenvalue weighted by Gasteiger charge is -2.14. The Hall–Kier alpha value is -0.910. The van der Waals surface area contributed by atoms with Gasteiger partial charge in [0.15, 0.2) is 0 Å². The number of hydrogen-bond donors (Lipinski definition) is 2. The van der Waals surface area contributed by atoms with E-state index in [1.54, 1.807) is 30.3 Å². The molecule has 0 aliphatic carbocycles. The van der Waals surface area contributed by atoms with Crippen molar-refractivity contribution in [2.24, 2.45) is 5.92 Å². The Balaban J connectivity index is 2.52. The summed E-state index contributed by atoms with van der Waals surface area (Å²) in [5, 5.41) is 9.56. The number of nitrogens with one attached hydrogen (secondary N) is 1. The lowest BCUT2D eigenvalue weighted by molar-refractivity contribution is 0.118. The van der Waals surface area contributed by atoms with Crippen molar-refractivity contribution < 1.29 is 13.5 Å². The standard InChI is InChI=1S/C12H19NO3S/c1-10(2)12(14)8-9-13-17(15,16)11-6-4-3-5-7-11/h3-7,10,12-14H,8-9H2,1-2H3/t12-/m1/s1. The van der Waals surface area contributed by atoms with E-state index in [1.165, 1.54) is 0 Å². The summed E-state index contributed by atoms with van der Waals surface area (Å²) in [6.45, 7) is 4.04. The molecule has 96 valence electrons. The highest BCUT2D eigenvalue weighted by atomic mass is 32.2. The third kappa shape index (κ3) is 4.46. The van der Waals surface area contributed by atoms with E-state index in [1.807, 2.05) is 13.8 Å². The summed E-state index contributed by atoms with van der Waals surface area (Å²) in [6, 6.07) is 8.21. The van der Waals surface area contributed by atoms with Crippen LogP contribution < -0.4 is 4.72 Å². The van der Waals surface area contributed by atoms with Gasteiger partial charge in [-0.25, -0.2) is 13.1 Å². The van der Waals surface area contributed by atoms with Gasteiger partial charge >= 0.3 is 0 Å². The summed E-state index contributed by atoms with van der Waals surface area (Å²) in [5.41, 5.74) is 0. The van der Waals surface area contributed by atoms with Gasteiger partial charge in [-0.05, 0) is 24.5 Å². The molecule has 0 aromatic heterocycles. The summed E-state index contributed by atoms with van der Waals surface area (Å²) in [4.78, 5) is 0.249. The number of hydrogen-bond acceptors (Lipinski definition) is 3. The molecule has 0 heterocycles. The predicted octanol–water partition coefficient (Wildman–Crippen LogP) is 1.37. The zero-order chi connectivity index (χ0) is 12.9. The lowest BCUT2D eigenvalue weighted by Crippen LogP contribution is -2.28. The van der Waals surface area contributed by atoms with E-state index in [-0.39, 0.29) is 17.4 Å². The fourth-order valence-corrected chi connectivity index (χ4v) is 2.43.